The monoisotopic (exact) mass is 624 g/mol. The van der Waals surface area contributed by atoms with Gasteiger partial charge in [0.05, 0.1) is 52.1 Å². The minimum absolute atomic E-state index is 0.0412. The summed E-state index contributed by atoms with van der Waals surface area (Å²) in [5.41, 5.74) is 1.04. The second-order valence-corrected chi connectivity index (χ2v) is 15.0. The van der Waals surface area contributed by atoms with E-state index in [4.69, 9.17) is 18.5 Å². The van der Waals surface area contributed by atoms with Gasteiger partial charge in [0.1, 0.15) is 6.10 Å². The van der Waals surface area contributed by atoms with Crippen LogP contribution in [0.1, 0.15) is 128 Å². The molecular weight excluding hydrogens is 561 g/mol. The van der Waals surface area contributed by atoms with E-state index >= 15 is 0 Å². The highest BCUT2D eigenvalue weighted by atomic mass is 31.2. The molecule has 43 heavy (non-hydrogen) atoms. The first-order valence-electron chi connectivity index (χ1n) is 17.5. The number of rotatable bonds is 25. The van der Waals surface area contributed by atoms with Gasteiger partial charge in [-0.3, -0.25) is 9.05 Å². The normalized spacial score (nSPS) is 23.3. The van der Waals surface area contributed by atoms with E-state index in [9.17, 15) is 9.46 Å². The number of phosphoric ester groups is 1. The Hall–Kier alpha value is -0.790. The maximum absolute atomic E-state index is 12.9. The fraction of sp³-hybridized carbons (Fsp3) is 0.829. The molecule has 0 spiro atoms. The molecule has 248 valence electrons. The molecule has 2 heterocycles. The molecule has 2 fully saturated rings. The van der Waals surface area contributed by atoms with Gasteiger partial charge in [-0.1, -0.05) is 121 Å². The molecule has 1 aromatic carbocycles. The molecular formula is C35H63NO6P+. The first kappa shape index (κ1) is 36.7. The number of nitrogens with zero attached hydrogens (tertiary/aromatic N) is 1. The average molecular weight is 625 g/mol. The lowest BCUT2D eigenvalue weighted by Crippen LogP contribution is -2.55. The third kappa shape index (κ3) is 14.5. The van der Waals surface area contributed by atoms with Crippen LogP contribution in [0, 0.1) is 0 Å². The molecule has 2 aliphatic rings. The van der Waals surface area contributed by atoms with Gasteiger partial charge in [-0.25, -0.2) is 4.57 Å². The summed E-state index contributed by atoms with van der Waals surface area (Å²) in [4.78, 5) is 10.5. The van der Waals surface area contributed by atoms with Crippen molar-refractivity contribution < 1.29 is 32.5 Å². The first-order chi connectivity index (χ1) is 20.8. The summed E-state index contributed by atoms with van der Waals surface area (Å²) in [6.45, 7) is 3.62. The van der Waals surface area contributed by atoms with Crippen LogP contribution in [0.25, 0.3) is 0 Å². The maximum Gasteiger partial charge on any atom is 0.472 e. The average Bonchev–Trinajstić information content (AvgIpc) is 3.12. The summed E-state index contributed by atoms with van der Waals surface area (Å²) in [5.74, 6) is 0. The van der Waals surface area contributed by atoms with E-state index in [2.05, 4.69) is 21.0 Å². The van der Waals surface area contributed by atoms with Crippen molar-refractivity contribution >= 4 is 7.82 Å². The molecule has 8 heteroatoms. The van der Waals surface area contributed by atoms with Crippen molar-refractivity contribution in [1.29, 1.82) is 0 Å². The van der Waals surface area contributed by atoms with E-state index in [0.29, 0.717) is 31.9 Å². The second kappa shape index (κ2) is 20.4. The van der Waals surface area contributed by atoms with Crippen LogP contribution >= 0.6 is 7.82 Å². The number of hydrogen-bond donors (Lipinski definition) is 1. The van der Waals surface area contributed by atoms with Crippen molar-refractivity contribution in [1.82, 2.24) is 0 Å². The SMILES string of the molecule is CCCCCCCCCCCCCCCCOCC(COP(=O)(O)OC1CC2CCC(C1)[N+]2(C)C)OCc1ccccc1. The van der Waals surface area contributed by atoms with Gasteiger partial charge in [0.15, 0.2) is 0 Å². The molecule has 4 unspecified atom stereocenters. The van der Waals surface area contributed by atoms with Gasteiger partial charge in [-0.05, 0) is 12.0 Å². The quantitative estimate of drug-likeness (QED) is 0.0665. The van der Waals surface area contributed by atoms with Crippen LogP contribution in [0.4, 0.5) is 0 Å². The lowest BCUT2D eigenvalue weighted by atomic mass is 9.98. The molecule has 0 radical (unpaired) electrons. The predicted molar refractivity (Wildman–Crippen MR) is 175 cm³/mol. The smallest absolute Gasteiger partial charge is 0.379 e. The van der Waals surface area contributed by atoms with Gasteiger partial charge in [0.2, 0.25) is 0 Å². The van der Waals surface area contributed by atoms with Crippen LogP contribution in [0.2, 0.25) is 0 Å². The molecule has 2 aliphatic heterocycles. The van der Waals surface area contributed by atoms with Crippen LogP contribution in [0.3, 0.4) is 0 Å². The summed E-state index contributed by atoms with van der Waals surface area (Å²) in [6, 6.07) is 10.9. The van der Waals surface area contributed by atoms with Gasteiger partial charge in [0, 0.05) is 32.3 Å². The molecule has 3 rings (SSSR count). The van der Waals surface area contributed by atoms with E-state index in [-0.39, 0.29) is 12.7 Å². The predicted octanol–water partition coefficient (Wildman–Crippen LogP) is 8.97. The maximum atomic E-state index is 12.9. The first-order valence-corrected chi connectivity index (χ1v) is 19.0. The topological polar surface area (TPSA) is 74.2 Å². The molecule has 2 saturated heterocycles. The molecule has 1 N–H and O–H groups in total. The largest absolute Gasteiger partial charge is 0.472 e. The summed E-state index contributed by atoms with van der Waals surface area (Å²) < 4.78 is 37.1. The van der Waals surface area contributed by atoms with E-state index < -0.39 is 13.9 Å². The standard InChI is InChI=1S/C35H62NO6P/c1-4-5-6-7-8-9-10-11-12-13-14-15-16-20-25-39-29-35(40-28-31-21-18-17-19-22-31)30-41-43(37,38)42-34-26-32-23-24-33(27-34)36(32,2)3/h17-19,21-22,32-35H,4-16,20,23-30H2,1-3H3/p+1. The lowest BCUT2D eigenvalue weighted by molar-refractivity contribution is -0.931. The zero-order valence-electron chi connectivity index (χ0n) is 27.6. The Bertz CT molecular complexity index is 884. The number of phosphoric acid groups is 1. The zero-order chi connectivity index (χ0) is 30.8. The summed E-state index contributed by atoms with van der Waals surface area (Å²) in [6.07, 6.45) is 21.8. The number of unbranched alkanes of at least 4 members (excludes halogenated alkanes) is 13. The Morgan fingerprint density at radius 3 is 1.91 bits per heavy atom. The highest BCUT2D eigenvalue weighted by Gasteiger charge is 2.50. The minimum Gasteiger partial charge on any atom is -0.379 e. The molecule has 4 atom stereocenters. The van der Waals surface area contributed by atoms with Crippen LogP contribution in [0.5, 0.6) is 0 Å². The fourth-order valence-corrected chi connectivity index (χ4v) is 7.82. The van der Waals surface area contributed by atoms with Crippen LogP contribution in [-0.4, -0.2) is 67.6 Å². The minimum atomic E-state index is -4.20. The number of ether oxygens (including phenoxy) is 2. The van der Waals surface area contributed by atoms with Crippen molar-refractivity contribution in [2.24, 2.45) is 0 Å². The van der Waals surface area contributed by atoms with Crippen molar-refractivity contribution in [3.63, 3.8) is 0 Å². The van der Waals surface area contributed by atoms with Crippen LogP contribution in [0.15, 0.2) is 30.3 Å². The van der Waals surface area contributed by atoms with Crippen molar-refractivity contribution in [2.45, 2.75) is 153 Å². The zero-order valence-corrected chi connectivity index (χ0v) is 28.5. The number of hydrogen-bond acceptors (Lipinski definition) is 5. The van der Waals surface area contributed by atoms with E-state index in [0.717, 1.165) is 42.2 Å². The van der Waals surface area contributed by atoms with Gasteiger partial charge in [-0.2, -0.15) is 0 Å². The number of quaternary nitrogens is 1. The highest BCUT2D eigenvalue weighted by molar-refractivity contribution is 7.47. The third-order valence-electron chi connectivity index (χ3n) is 9.77. The highest BCUT2D eigenvalue weighted by Crippen LogP contribution is 2.50. The number of fused-ring (bicyclic) bond motifs is 2. The molecule has 0 aromatic heterocycles. The molecule has 1 aromatic rings. The molecule has 7 nitrogen and oxygen atoms in total. The fourth-order valence-electron chi connectivity index (χ4n) is 6.86. The van der Waals surface area contributed by atoms with Gasteiger partial charge < -0.3 is 18.9 Å². The molecule has 0 aliphatic carbocycles. The van der Waals surface area contributed by atoms with E-state index in [1.165, 1.54) is 83.5 Å². The number of benzene rings is 1. The molecule has 0 saturated carbocycles. The summed E-state index contributed by atoms with van der Waals surface area (Å²) in [7, 11) is 0.334. The third-order valence-corrected chi connectivity index (χ3v) is 10.8. The van der Waals surface area contributed by atoms with Crippen LogP contribution in [-0.2, 0) is 29.7 Å². The Morgan fingerprint density at radius 1 is 0.814 bits per heavy atom. The van der Waals surface area contributed by atoms with Crippen molar-refractivity contribution in [3.05, 3.63) is 35.9 Å². The lowest BCUT2D eigenvalue weighted by Gasteiger charge is -2.44. The Morgan fingerprint density at radius 2 is 1.35 bits per heavy atom. The molecule has 2 bridgehead atoms. The van der Waals surface area contributed by atoms with Crippen LogP contribution < -0.4 is 0 Å². The second-order valence-electron chi connectivity index (χ2n) is 13.6. The summed E-state index contributed by atoms with van der Waals surface area (Å²) in [5, 5.41) is 0. The molecule has 0 amide bonds. The Balaban J connectivity index is 1.28. The van der Waals surface area contributed by atoms with E-state index in [1.807, 2.05) is 30.3 Å². The Labute approximate surface area is 263 Å². The summed E-state index contributed by atoms with van der Waals surface area (Å²) >= 11 is 0. The van der Waals surface area contributed by atoms with Crippen molar-refractivity contribution in [2.75, 3.05) is 33.9 Å². The van der Waals surface area contributed by atoms with Crippen molar-refractivity contribution in [3.8, 4) is 0 Å². The number of piperidine rings is 1. The van der Waals surface area contributed by atoms with Gasteiger partial charge in [-0.15, -0.1) is 0 Å². The van der Waals surface area contributed by atoms with Gasteiger partial charge >= 0.3 is 7.82 Å². The van der Waals surface area contributed by atoms with Gasteiger partial charge in [0.25, 0.3) is 0 Å². The van der Waals surface area contributed by atoms with E-state index in [1.54, 1.807) is 0 Å². The Kier molecular flexibility index (Phi) is 17.4.